The van der Waals surface area contributed by atoms with E-state index in [0.29, 0.717) is 6.04 Å². The summed E-state index contributed by atoms with van der Waals surface area (Å²) in [5.74, 6) is 4.51. The molecule has 0 aliphatic carbocycles. The minimum atomic E-state index is 0.426. The molecule has 15 heavy (non-hydrogen) atoms. The minimum Gasteiger partial charge on any atom is -0.334 e. The summed E-state index contributed by atoms with van der Waals surface area (Å²) in [6.07, 6.45) is 5.29. The van der Waals surface area contributed by atoms with E-state index in [9.17, 15) is 0 Å². The van der Waals surface area contributed by atoms with Crippen LogP contribution in [0.3, 0.4) is 0 Å². The predicted molar refractivity (Wildman–Crippen MR) is 65.1 cm³/mol. The third-order valence-corrected chi connectivity index (χ3v) is 4.30. The Kier molecular flexibility index (Phi) is 3.70. The van der Waals surface area contributed by atoms with Crippen LogP contribution in [0.1, 0.15) is 25.2 Å². The molecule has 2 rings (SSSR count). The zero-order chi connectivity index (χ0) is 10.7. The first-order valence-electron chi connectivity index (χ1n) is 5.62. The fourth-order valence-corrected chi connectivity index (χ4v) is 3.56. The first kappa shape index (κ1) is 11.0. The Morgan fingerprint density at radius 2 is 2.60 bits per heavy atom. The van der Waals surface area contributed by atoms with E-state index >= 15 is 0 Å². The molecule has 1 N–H and O–H groups in total. The quantitative estimate of drug-likeness (QED) is 0.849. The molecule has 1 aliphatic heterocycles. The largest absolute Gasteiger partial charge is 0.334 e. The molecule has 1 aromatic rings. The van der Waals surface area contributed by atoms with Gasteiger partial charge in [-0.1, -0.05) is 0 Å². The standard InChI is InChI=1S/C11H19N3S/c1-3-14-6-5-13-11(14)10(12-2)9-4-7-15-8-9/h5-6,9-10,12H,3-4,7-8H2,1-2H3. The lowest BCUT2D eigenvalue weighted by Gasteiger charge is -2.22. The van der Waals surface area contributed by atoms with Gasteiger partial charge in [-0.15, -0.1) is 0 Å². The smallest absolute Gasteiger partial charge is 0.126 e. The number of imidazole rings is 1. The summed E-state index contributed by atoms with van der Waals surface area (Å²) >= 11 is 2.06. The highest BCUT2D eigenvalue weighted by Crippen LogP contribution is 2.33. The maximum absolute atomic E-state index is 4.49. The Labute approximate surface area is 95.7 Å². The monoisotopic (exact) mass is 225 g/mol. The third kappa shape index (κ3) is 2.21. The number of nitrogens with one attached hydrogen (secondary N) is 1. The lowest BCUT2D eigenvalue weighted by molar-refractivity contribution is 0.389. The van der Waals surface area contributed by atoms with Crippen LogP contribution in [0.15, 0.2) is 12.4 Å². The van der Waals surface area contributed by atoms with Crippen LogP contribution in [0.2, 0.25) is 0 Å². The molecule has 0 amide bonds. The van der Waals surface area contributed by atoms with Crippen molar-refractivity contribution in [1.29, 1.82) is 0 Å². The lowest BCUT2D eigenvalue weighted by Crippen LogP contribution is -2.28. The highest BCUT2D eigenvalue weighted by molar-refractivity contribution is 7.99. The van der Waals surface area contributed by atoms with E-state index in [1.165, 1.54) is 23.8 Å². The fraction of sp³-hybridized carbons (Fsp3) is 0.727. The van der Waals surface area contributed by atoms with E-state index in [1.807, 2.05) is 13.2 Å². The Morgan fingerprint density at radius 3 is 3.20 bits per heavy atom. The second-order valence-corrected chi connectivity index (χ2v) is 5.11. The number of aromatic nitrogens is 2. The summed E-state index contributed by atoms with van der Waals surface area (Å²) < 4.78 is 2.24. The van der Waals surface area contributed by atoms with Gasteiger partial charge in [-0.3, -0.25) is 0 Å². The van der Waals surface area contributed by atoms with Gasteiger partial charge in [0.05, 0.1) is 6.04 Å². The molecule has 3 nitrogen and oxygen atoms in total. The first-order valence-corrected chi connectivity index (χ1v) is 6.78. The molecule has 2 heterocycles. The van der Waals surface area contributed by atoms with Crippen LogP contribution in [-0.4, -0.2) is 28.1 Å². The van der Waals surface area contributed by atoms with Crippen LogP contribution in [0.4, 0.5) is 0 Å². The molecule has 1 saturated heterocycles. The maximum Gasteiger partial charge on any atom is 0.126 e. The van der Waals surface area contributed by atoms with Crippen molar-refractivity contribution in [2.24, 2.45) is 5.92 Å². The van der Waals surface area contributed by atoms with Gasteiger partial charge >= 0.3 is 0 Å². The summed E-state index contributed by atoms with van der Waals surface area (Å²) in [5.41, 5.74) is 0. The summed E-state index contributed by atoms with van der Waals surface area (Å²) in [6, 6.07) is 0.426. The number of hydrogen-bond acceptors (Lipinski definition) is 3. The van der Waals surface area contributed by atoms with Gasteiger partial charge < -0.3 is 9.88 Å². The molecule has 84 valence electrons. The molecule has 2 atom stereocenters. The van der Waals surface area contributed by atoms with Crippen molar-refractivity contribution < 1.29 is 0 Å². The molecule has 0 saturated carbocycles. The first-order chi connectivity index (χ1) is 7.36. The average molecular weight is 225 g/mol. The van der Waals surface area contributed by atoms with Crippen LogP contribution in [0.5, 0.6) is 0 Å². The highest BCUT2D eigenvalue weighted by Gasteiger charge is 2.28. The molecule has 0 aromatic carbocycles. The predicted octanol–water partition coefficient (Wildman–Crippen LogP) is 1.92. The van der Waals surface area contributed by atoms with Crippen LogP contribution < -0.4 is 5.32 Å². The number of aryl methyl sites for hydroxylation is 1. The Balaban J connectivity index is 2.17. The fourth-order valence-electron chi connectivity index (χ4n) is 2.26. The van der Waals surface area contributed by atoms with Crippen molar-refractivity contribution in [1.82, 2.24) is 14.9 Å². The highest BCUT2D eigenvalue weighted by atomic mass is 32.2. The minimum absolute atomic E-state index is 0.426. The topological polar surface area (TPSA) is 29.9 Å². The number of rotatable bonds is 4. The summed E-state index contributed by atoms with van der Waals surface area (Å²) in [7, 11) is 2.04. The van der Waals surface area contributed by atoms with E-state index in [-0.39, 0.29) is 0 Å². The molecule has 0 bridgehead atoms. The third-order valence-electron chi connectivity index (χ3n) is 3.11. The molecule has 1 aromatic heterocycles. The maximum atomic E-state index is 4.49. The molecule has 1 fully saturated rings. The van der Waals surface area contributed by atoms with Crippen molar-refractivity contribution >= 4 is 11.8 Å². The second-order valence-electron chi connectivity index (χ2n) is 3.96. The van der Waals surface area contributed by atoms with E-state index < -0.39 is 0 Å². The van der Waals surface area contributed by atoms with E-state index in [2.05, 4.69) is 39.8 Å². The van der Waals surface area contributed by atoms with E-state index in [1.54, 1.807) is 0 Å². The summed E-state index contributed by atoms with van der Waals surface area (Å²) in [5, 5.41) is 3.42. The van der Waals surface area contributed by atoms with Crippen LogP contribution in [-0.2, 0) is 6.54 Å². The van der Waals surface area contributed by atoms with Crippen molar-refractivity contribution in [2.75, 3.05) is 18.6 Å². The molecule has 1 aliphatic rings. The zero-order valence-electron chi connectivity index (χ0n) is 9.44. The van der Waals surface area contributed by atoms with Gasteiger partial charge in [0.1, 0.15) is 5.82 Å². The Morgan fingerprint density at radius 1 is 1.73 bits per heavy atom. The van der Waals surface area contributed by atoms with Gasteiger partial charge in [0.15, 0.2) is 0 Å². The van der Waals surface area contributed by atoms with Gasteiger partial charge in [-0.2, -0.15) is 11.8 Å². The Hall–Kier alpha value is -0.480. The van der Waals surface area contributed by atoms with Crippen molar-refractivity contribution in [3.63, 3.8) is 0 Å². The van der Waals surface area contributed by atoms with E-state index in [0.717, 1.165) is 12.5 Å². The molecule has 2 unspecified atom stereocenters. The van der Waals surface area contributed by atoms with Crippen LogP contribution in [0, 0.1) is 5.92 Å². The van der Waals surface area contributed by atoms with E-state index in [4.69, 9.17) is 0 Å². The molecular weight excluding hydrogens is 206 g/mol. The number of nitrogens with zero attached hydrogens (tertiary/aromatic N) is 2. The zero-order valence-corrected chi connectivity index (χ0v) is 10.3. The number of thioether (sulfide) groups is 1. The summed E-state index contributed by atoms with van der Waals surface area (Å²) in [6.45, 7) is 3.18. The second kappa shape index (κ2) is 5.03. The van der Waals surface area contributed by atoms with Crippen molar-refractivity contribution in [2.45, 2.75) is 25.9 Å². The Bertz CT molecular complexity index is 305. The van der Waals surface area contributed by atoms with Crippen LogP contribution >= 0.6 is 11.8 Å². The summed E-state index contributed by atoms with van der Waals surface area (Å²) in [4.78, 5) is 4.49. The number of hydrogen-bond donors (Lipinski definition) is 1. The van der Waals surface area contributed by atoms with Gasteiger partial charge in [0.25, 0.3) is 0 Å². The lowest BCUT2D eigenvalue weighted by atomic mass is 9.98. The van der Waals surface area contributed by atoms with Crippen molar-refractivity contribution in [3.8, 4) is 0 Å². The van der Waals surface area contributed by atoms with Gasteiger partial charge in [-0.05, 0) is 37.8 Å². The van der Waals surface area contributed by atoms with Gasteiger partial charge in [0, 0.05) is 18.9 Å². The normalized spacial score (nSPS) is 23.2. The molecular formula is C11H19N3S. The van der Waals surface area contributed by atoms with Crippen LogP contribution in [0.25, 0.3) is 0 Å². The average Bonchev–Trinajstić information content (AvgIpc) is 2.89. The molecule has 0 spiro atoms. The molecule has 0 radical (unpaired) electrons. The van der Waals surface area contributed by atoms with Gasteiger partial charge in [0.2, 0.25) is 0 Å². The molecule has 4 heteroatoms. The van der Waals surface area contributed by atoms with Gasteiger partial charge in [-0.25, -0.2) is 4.98 Å². The SMILES string of the molecule is CCn1ccnc1C(NC)C1CCSC1. The van der Waals surface area contributed by atoms with Crippen molar-refractivity contribution in [3.05, 3.63) is 18.2 Å².